The maximum atomic E-state index is 13.9. The van der Waals surface area contributed by atoms with E-state index in [-0.39, 0.29) is 22.4 Å². The average Bonchev–Trinajstić information content (AvgIpc) is 3.20. The van der Waals surface area contributed by atoms with E-state index in [1.807, 2.05) is 0 Å². The van der Waals surface area contributed by atoms with Crippen LogP contribution in [-0.4, -0.2) is 33.2 Å². The standard InChI is InChI=1S/C25H25F3N4O2/c1-34-18-4-2-17(3-5-18)20-9-21(25(26,27)28)32-22(30-20)19(13-29-32)23(33)31-24-10-14-6-15(11-24)8-16(7-14)12-24/h2-5,9,13-16H,6-8,10-12H2,1H3,(H,31,33). The molecule has 4 aliphatic carbocycles. The maximum absolute atomic E-state index is 13.9. The van der Waals surface area contributed by atoms with Crippen molar-refractivity contribution in [2.45, 2.75) is 50.2 Å². The van der Waals surface area contributed by atoms with Crippen molar-refractivity contribution in [3.8, 4) is 17.0 Å². The Morgan fingerprint density at radius 1 is 1.09 bits per heavy atom. The molecular formula is C25H25F3N4O2. The Labute approximate surface area is 194 Å². The van der Waals surface area contributed by atoms with Gasteiger partial charge in [0.15, 0.2) is 11.3 Å². The van der Waals surface area contributed by atoms with Gasteiger partial charge in [-0.1, -0.05) is 0 Å². The predicted molar refractivity (Wildman–Crippen MR) is 118 cm³/mol. The van der Waals surface area contributed by atoms with Crippen molar-refractivity contribution in [1.29, 1.82) is 0 Å². The van der Waals surface area contributed by atoms with Crippen LogP contribution in [0.15, 0.2) is 36.5 Å². The molecule has 6 nitrogen and oxygen atoms in total. The predicted octanol–water partition coefficient (Wildman–Crippen LogP) is 5.12. The molecule has 4 bridgehead atoms. The third-order valence-corrected chi connectivity index (χ3v) is 7.81. The lowest BCUT2D eigenvalue weighted by Crippen LogP contribution is -2.59. The number of fused-ring (bicyclic) bond motifs is 1. The van der Waals surface area contributed by atoms with Crippen LogP contribution in [0.4, 0.5) is 13.2 Å². The Morgan fingerprint density at radius 2 is 1.71 bits per heavy atom. The summed E-state index contributed by atoms with van der Waals surface area (Å²) in [5, 5.41) is 7.14. The molecule has 2 aromatic heterocycles. The quantitative estimate of drug-likeness (QED) is 0.575. The molecule has 0 atom stereocenters. The monoisotopic (exact) mass is 470 g/mol. The normalized spacial score (nSPS) is 27.8. The van der Waals surface area contributed by atoms with Crippen LogP contribution in [-0.2, 0) is 6.18 Å². The van der Waals surface area contributed by atoms with Crippen molar-refractivity contribution in [2.75, 3.05) is 7.11 Å². The van der Waals surface area contributed by atoms with Gasteiger partial charge in [0.05, 0.1) is 19.0 Å². The number of carbonyl (C=O) groups excluding carboxylic acids is 1. The number of rotatable bonds is 4. The number of amides is 1. The molecule has 4 fully saturated rings. The molecule has 178 valence electrons. The summed E-state index contributed by atoms with van der Waals surface area (Å²) in [4.78, 5) is 17.8. The molecule has 1 aromatic carbocycles. The summed E-state index contributed by atoms with van der Waals surface area (Å²) in [5.41, 5.74) is -0.661. The zero-order valence-corrected chi connectivity index (χ0v) is 18.7. The second-order valence-corrected chi connectivity index (χ2v) is 10.2. The van der Waals surface area contributed by atoms with Gasteiger partial charge in [-0.15, -0.1) is 0 Å². The Kier molecular flexibility index (Phi) is 4.70. The van der Waals surface area contributed by atoms with Crippen LogP contribution in [0.25, 0.3) is 16.9 Å². The van der Waals surface area contributed by atoms with Crippen molar-refractivity contribution < 1.29 is 22.7 Å². The third kappa shape index (κ3) is 3.52. The summed E-state index contributed by atoms with van der Waals surface area (Å²) in [6.45, 7) is 0. The van der Waals surface area contributed by atoms with Gasteiger partial charge in [0, 0.05) is 11.1 Å². The first-order valence-corrected chi connectivity index (χ1v) is 11.7. The van der Waals surface area contributed by atoms with Crippen molar-refractivity contribution >= 4 is 11.6 Å². The van der Waals surface area contributed by atoms with E-state index in [0.29, 0.717) is 29.1 Å². The number of ether oxygens (including phenoxy) is 1. The molecule has 4 saturated carbocycles. The Bertz CT molecular complexity index is 1230. The van der Waals surface area contributed by atoms with Gasteiger partial charge in [0.25, 0.3) is 5.91 Å². The number of methoxy groups -OCH3 is 1. The Morgan fingerprint density at radius 3 is 2.26 bits per heavy atom. The molecule has 3 aromatic rings. The van der Waals surface area contributed by atoms with Crippen molar-refractivity contribution in [3.05, 3.63) is 47.8 Å². The number of hydrogen-bond acceptors (Lipinski definition) is 4. The average molecular weight is 470 g/mol. The largest absolute Gasteiger partial charge is 0.497 e. The van der Waals surface area contributed by atoms with E-state index in [9.17, 15) is 18.0 Å². The van der Waals surface area contributed by atoms with Crippen LogP contribution in [0.5, 0.6) is 5.75 Å². The van der Waals surface area contributed by atoms with E-state index < -0.39 is 17.8 Å². The summed E-state index contributed by atoms with van der Waals surface area (Å²) in [7, 11) is 1.52. The molecule has 0 spiro atoms. The fourth-order valence-corrected chi connectivity index (χ4v) is 6.81. The van der Waals surface area contributed by atoms with Gasteiger partial charge in [0.2, 0.25) is 0 Å². The minimum atomic E-state index is -4.66. The third-order valence-electron chi connectivity index (χ3n) is 7.81. The SMILES string of the molecule is COc1ccc(-c2cc(C(F)(F)F)n3ncc(C(=O)NC45CC6CC(CC(C6)C4)C5)c3n2)cc1. The smallest absolute Gasteiger partial charge is 0.433 e. The Balaban J connectivity index is 1.40. The highest BCUT2D eigenvalue weighted by molar-refractivity contribution is 6.00. The summed E-state index contributed by atoms with van der Waals surface area (Å²) < 4.78 is 47.6. The molecule has 7 rings (SSSR count). The number of alkyl halides is 3. The highest BCUT2D eigenvalue weighted by Crippen LogP contribution is 2.55. The van der Waals surface area contributed by atoms with E-state index in [4.69, 9.17) is 4.74 Å². The number of nitrogens with zero attached hydrogens (tertiary/aromatic N) is 3. The number of aromatic nitrogens is 3. The molecule has 34 heavy (non-hydrogen) atoms. The van der Waals surface area contributed by atoms with Crippen molar-refractivity contribution in [1.82, 2.24) is 19.9 Å². The van der Waals surface area contributed by atoms with Gasteiger partial charge in [-0.3, -0.25) is 4.79 Å². The lowest BCUT2D eigenvalue weighted by atomic mass is 9.53. The molecule has 0 radical (unpaired) electrons. The molecule has 1 N–H and O–H groups in total. The van der Waals surface area contributed by atoms with Gasteiger partial charge in [-0.05, 0) is 86.6 Å². The highest BCUT2D eigenvalue weighted by Gasteiger charge is 2.51. The second-order valence-electron chi connectivity index (χ2n) is 10.2. The minimum Gasteiger partial charge on any atom is -0.497 e. The summed E-state index contributed by atoms with van der Waals surface area (Å²) in [5.74, 6) is 2.08. The van der Waals surface area contributed by atoms with E-state index in [2.05, 4.69) is 15.4 Å². The van der Waals surface area contributed by atoms with E-state index in [1.165, 1.54) is 32.6 Å². The molecule has 1 amide bonds. The summed E-state index contributed by atoms with van der Waals surface area (Å²) in [6, 6.07) is 7.56. The van der Waals surface area contributed by atoms with E-state index >= 15 is 0 Å². The van der Waals surface area contributed by atoms with Gasteiger partial charge >= 0.3 is 6.18 Å². The fourth-order valence-electron chi connectivity index (χ4n) is 6.81. The van der Waals surface area contributed by atoms with Gasteiger partial charge in [-0.2, -0.15) is 18.3 Å². The number of halogens is 3. The van der Waals surface area contributed by atoms with Crippen LogP contribution in [0.1, 0.15) is 54.6 Å². The molecule has 4 aliphatic rings. The number of hydrogen-bond donors (Lipinski definition) is 1. The Hall–Kier alpha value is -3.10. The molecule has 0 saturated heterocycles. The molecular weight excluding hydrogens is 445 g/mol. The van der Waals surface area contributed by atoms with E-state index in [0.717, 1.165) is 29.8 Å². The van der Waals surface area contributed by atoms with Crippen LogP contribution < -0.4 is 10.1 Å². The molecule has 9 heteroatoms. The van der Waals surface area contributed by atoms with Gasteiger partial charge in [0.1, 0.15) is 11.3 Å². The number of nitrogens with one attached hydrogen (secondary N) is 1. The lowest BCUT2D eigenvalue weighted by Gasteiger charge is -2.56. The lowest BCUT2D eigenvalue weighted by molar-refractivity contribution is -0.142. The number of benzene rings is 1. The van der Waals surface area contributed by atoms with Crippen molar-refractivity contribution in [3.63, 3.8) is 0 Å². The summed E-state index contributed by atoms with van der Waals surface area (Å²) >= 11 is 0. The van der Waals surface area contributed by atoms with Gasteiger partial charge < -0.3 is 10.1 Å². The minimum absolute atomic E-state index is 0.0663. The van der Waals surface area contributed by atoms with Gasteiger partial charge in [-0.25, -0.2) is 9.50 Å². The summed E-state index contributed by atoms with van der Waals surface area (Å²) in [6.07, 6.45) is 3.06. The topological polar surface area (TPSA) is 68.5 Å². The fraction of sp³-hybridized carbons (Fsp3) is 0.480. The molecule has 0 aliphatic heterocycles. The number of carbonyl (C=O) groups is 1. The van der Waals surface area contributed by atoms with Crippen LogP contribution >= 0.6 is 0 Å². The first-order valence-electron chi connectivity index (χ1n) is 11.7. The zero-order valence-electron chi connectivity index (χ0n) is 18.7. The molecule has 2 heterocycles. The van der Waals surface area contributed by atoms with Crippen LogP contribution in [0.3, 0.4) is 0 Å². The highest BCUT2D eigenvalue weighted by atomic mass is 19.4. The van der Waals surface area contributed by atoms with E-state index in [1.54, 1.807) is 24.3 Å². The maximum Gasteiger partial charge on any atom is 0.433 e. The van der Waals surface area contributed by atoms with Crippen LogP contribution in [0.2, 0.25) is 0 Å². The molecule has 0 unspecified atom stereocenters. The first kappa shape index (κ1) is 21.4. The first-order chi connectivity index (χ1) is 16.2. The second kappa shape index (κ2) is 7.45. The van der Waals surface area contributed by atoms with Crippen molar-refractivity contribution in [2.24, 2.45) is 17.8 Å². The van der Waals surface area contributed by atoms with Crippen LogP contribution in [0, 0.1) is 17.8 Å². The zero-order chi connectivity index (χ0) is 23.7.